The summed E-state index contributed by atoms with van der Waals surface area (Å²) in [5.41, 5.74) is -5.75. The van der Waals surface area contributed by atoms with Crippen LogP contribution in [0.25, 0.3) is 0 Å². The van der Waals surface area contributed by atoms with Crippen LogP contribution in [0.4, 0.5) is 23.2 Å². The van der Waals surface area contributed by atoms with Crippen molar-refractivity contribution < 1.29 is 26.0 Å². The van der Waals surface area contributed by atoms with E-state index in [9.17, 15) is 26.0 Å². The van der Waals surface area contributed by atoms with Gasteiger partial charge in [0.2, 0.25) is 0 Å². The van der Waals surface area contributed by atoms with Crippen molar-refractivity contribution in [2.24, 2.45) is 0 Å². The summed E-state index contributed by atoms with van der Waals surface area (Å²) < 4.78 is 73.6. The molecule has 21 heavy (non-hydrogen) atoms. The van der Waals surface area contributed by atoms with Gasteiger partial charge in [0.15, 0.2) is 0 Å². The largest absolute Gasteiger partial charge is 0.501 e. The molecule has 0 saturated carbocycles. The quantitative estimate of drug-likeness (QED) is 0.596. The molecule has 1 aromatic carbocycles. The molecule has 0 aliphatic carbocycles. The van der Waals surface area contributed by atoms with Gasteiger partial charge in [0, 0.05) is 13.1 Å². The van der Waals surface area contributed by atoms with Gasteiger partial charge in [0.1, 0.15) is 10.7 Å². The van der Waals surface area contributed by atoms with Gasteiger partial charge in [0.05, 0.1) is 5.69 Å². The number of alkyl halides is 3. The first-order valence-electron chi connectivity index (χ1n) is 6.25. The molecule has 2 N–H and O–H groups in total. The van der Waals surface area contributed by atoms with Gasteiger partial charge in [-0.2, -0.15) is 13.2 Å². The van der Waals surface area contributed by atoms with Gasteiger partial charge < -0.3 is 10.6 Å². The maximum Gasteiger partial charge on any atom is 0.501 e. The fraction of sp³-hybridized carbons (Fsp3) is 0.500. The zero-order valence-corrected chi connectivity index (χ0v) is 12.1. The summed E-state index contributed by atoms with van der Waals surface area (Å²) in [6.07, 6.45) is 0.893. The molecule has 0 heterocycles. The van der Waals surface area contributed by atoms with E-state index in [1.165, 1.54) is 0 Å². The number of nitrogens with one attached hydrogen (secondary N) is 2. The van der Waals surface area contributed by atoms with Crippen molar-refractivity contribution >= 4 is 15.5 Å². The lowest BCUT2D eigenvalue weighted by atomic mass is 10.3. The highest BCUT2D eigenvalue weighted by Gasteiger charge is 2.48. The number of sulfone groups is 1. The zero-order chi connectivity index (χ0) is 16.1. The number of hydrogen-bond acceptors (Lipinski definition) is 4. The Morgan fingerprint density at radius 3 is 2.38 bits per heavy atom. The normalized spacial score (nSPS) is 12.4. The molecular weight excluding hydrogens is 312 g/mol. The summed E-state index contributed by atoms with van der Waals surface area (Å²) in [5, 5.41) is 5.57. The molecule has 0 aliphatic rings. The molecule has 0 aromatic heterocycles. The Hall–Kier alpha value is -1.35. The maximum atomic E-state index is 13.1. The predicted molar refractivity (Wildman–Crippen MR) is 71.3 cm³/mol. The van der Waals surface area contributed by atoms with Crippen LogP contribution in [0.2, 0.25) is 0 Å². The fourth-order valence-electron chi connectivity index (χ4n) is 1.58. The van der Waals surface area contributed by atoms with Crippen molar-refractivity contribution in [3.05, 3.63) is 24.0 Å². The minimum atomic E-state index is -5.60. The number of rotatable bonds is 7. The second-order valence-corrected chi connectivity index (χ2v) is 6.18. The number of anilines is 1. The minimum absolute atomic E-state index is 0.214. The van der Waals surface area contributed by atoms with Crippen LogP contribution in [-0.2, 0) is 9.84 Å². The van der Waals surface area contributed by atoms with Gasteiger partial charge in [-0.25, -0.2) is 12.8 Å². The van der Waals surface area contributed by atoms with Crippen molar-refractivity contribution in [3.8, 4) is 0 Å². The third kappa shape index (κ3) is 4.57. The van der Waals surface area contributed by atoms with Crippen LogP contribution in [0.5, 0.6) is 0 Å². The molecule has 9 heteroatoms. The van der Waals surface area contributed by atoms with E-state index in [1.54, 1.807) is 0 Å². The summed E-state index contributed by atoms with van der Waals surface area (Å²) in [5.74, 6) is -1.05. The molecule has 0 unspecified atom stereocenters. The molecule has 0 saturated heterocycles. The first-order valence-corrected chi connectivity index (χ1v) is 7.74. The Balaban J connectivity index is 2.96. The standard InChI is InChI=1S/C12H16F4N2O2S/c1-2-5-17-6-7-18-10-4-3-9(13)8-11(10)21(19,20)12(14,15)16/h3-4,8,17-18H,2,5-7H2,1H3. The van der Waals surface area contributed by atoms with E-state index in [-0.39, 0.29) is 12.2 Å². The van der Waals surface area contributed by atoms with Crippen LogP contribution in [0.1, 0.15) is 13.3 Å². The smallest absolute Gasteiger partial charge is 0.383 e. The van der Waals surface area contributed by atoms with Gasteiger partial charge in [-0.3, -0.25) is 0 Å². The SMILES string of the molecule is CCCNCCNc1ccc(F)cc1S(=O)(=O)C(F)(F)F. The molecule has 4 nitrogen and oxygen atoms in total. The highest BCUT2D eigenvalue weighted by Crippen LogP contribution is 2.34. The summed E-state index contributed by atoms with van der Waals surface area (Å²) >= 11 is 0. The Bertz CT molecular complexity index is 573. The summed E-state index contributed by atoms with van der Waals surface area (Å²) in [6, 6.07) is 2.25. The molecule has 0 radical (unpaired) electrons. The average Bonchev–Trinajstić information content (AvgIpc) is 2.38. The number of benzene rings is 1. The monoisotopic (exact) mass is 328 g/mol. The molecule has 0 bridgehead atoms. The number of hydrogen-bond donors (Lipinski definition) is 2. The van der Waals surface area contributed by atoms with Gasteiger partial charge in [-0.05, 0) is 31.2 Å². The Morgan fingerprint density at radius 2 is 1.81 bits per heavy atom. The van der Waals surface area contributed by atoms with Crippen LogP contribution in [0, 0.1) is 5.82 Å². The molecule has 0 fully saturated rings. The van der Waals surface area contributed by atoms with Crippen LogP contribution in [-0.4, -0.2) is 33.6 Å². The number of halogens is 4. The molecular formula is C12H16F4N2O2S. The van der Waals surface area contributed by atoms with Crippen molar-refractivity contribution in [1.82, 2.24) is 5.32 Å². The summed E-state index contributed by atoms with van der Waals surface area (Å²) in [6.45, 7) is 3.34. The van der Waals surface area contributed by atoms with Gasteiger partial charge in [0.25, 0.3) is 9.84 Å². The minimum Gasteiger partial charge on any atom is -0.383 e. The van der Waals surface area contributed by atoms with Crippen LogP contribution >= 0.6 is 0 Å². The molecule has 120 valence electrons. The molecule has 0 atom stereocenters. The van der Waals surface area contributed by atoms with E-state index in [4.69, 9.17) is 0 Å². The van der Waals surface area contributed by atoms with E-state index in [2.05, 4.69) is 10.6 Å². The zero-order valence-electron chi connectivity index (χ0n) is 11.3. The third-order valence-corrected chi connectivity index (χ3v) is 4.11. The first-order chi connectivity index (χ1) is 9.70. The Morgan fingerprint density at radius 1 is 1.14 bits per heavy atom. The lowest BCUT2D eigenvalue weighted by Crippen LogP contribution is -2.26. The Kier molecular flexibility index (Phi) is 5.97. The van der Waals surface area contributed by atoms with Gasteiger partial charge >= 0.3 is 5.51 Å². The summed E-state index contributed by atoms with van der Waals surface area (Å²) in [7, 11) is -5.60. The van der Waals surface area contributed by atoms with Gasteiger partial charge in [-0.15, -0.1) is 0 Å². The Labute approximate surface area is 120 Å². The van der Waals surface area contributed by atoms with Crippen molar-refractivity contribution in [1.29, 1.82) is 0 Å². The van der Waals surface area contributed by atoms with Crippen LogP contribution < -0.4 is 10.6 Å². The second-order valence-electron chi connectivity index (χ2n) is 4.27. The van der Waals surface area contributed by atoms with Crippen LogP contribution in [0.15, 0.2) is 23.1 Å². The van der Waals surface area contributed by atoms with E-state index in [0.717, 1.165) is 25.1 Å². The van der Waals surface area contributed by atoms with E-state index < -0.39 is 26.1 Å². The van der Waals surface area contributed by atoms with E-state index >= 15 is 0 Å². The van der Waals surface area contributed by atoms with Crippen molar-refractivity contribution in [2.45, 2.75) is 23.7 Å². The maximum absolute atomic E-state index is 13.1. The fourth-order valence-corrected chi connectivity index (χ4v) is 2.52. The molecule has 0 amide bonds. The molecule has 1 rings (SSSR count). The molecule has 0 aliphatic heterocycles. The predicted octanol–water partition coefficient (Wildman–Crippen LogP) is 2.53. The lowest BCUT2D eigenvalue weighted by molar-refractivity contribution is -0.0435. The first kappa shape index (κ1) is 17.7. The molecule has 1 aromatic rings. The van der Waals surface area contributed by atoms with Crippen molar-refractivity contribution in [3.63, 3.8) is 0 Å². The average molecular weight is 328 g/mol. The highest BCUT2D eigenvalue weighted by atomic mass is 32.2. The van der Waals surface area contributed by atoms with Crippen LogP contribution in [0.3, 0.4) is 0 Å². The van der Waals surface area contributed by atoms with E-state index in [0.29, 0.717) is 12.6 Å². The lowest BCUT2D eigenvalue weighted by Gasteiger charge is -2.14. The molecule has 0 spiro atoms. The summed E-state index contributed by atoms with van der Waals surface area (Å²) in [4.78, 5) is -1.11. The third-order valence-electron chi connectivity index (χ3n) is 2.58. The topological polar surface area (TPSA) is 58.2 Å². The second kappa shape index (κ2) is 7.08. The highest BCUT2D eigenvalue weighted by molar-refractivity contribution is 7.92. The van der Waals surface area contributed by atoms with E-state index in [1.807, 2.05) is 6.92 Å². The van der Waals surface area contributed by atoms with Gasteiger partial charge in [-0.1, -0.05) is 6.92 Å². The van der Waals surface area contributed by atoms with Crippen molar-refractivity contribution in [2.75, 3.05) is 25.0 Å².